The molecule has 1 saturated heterocycles. The zero-order chi connectivity index (χ0) is 19.4. The second kappa shape index (κ2) is 8.70. The van der Waals surface area contributed by atoms with Crippen LogP contribution < -0.4 is 4.74 Å². The summed E-state index contributed by atoms with van der Waals surface area (Å²) >= 11 is 0. The summed E-state index contributed by atoms with van der Waals surface area (Å²) in [6.07, 6.45) is 6.17. The Morgan fingerprint density at radius 2 is 2.11 bits per heavy atom. The lowest BCUT2D eigenvalue weighted by molar-refractivity contribution is 0.0811. The first-order valence-corrected chi connectivity index (χ1v) is 9.98. The second-order valence-corrected chi connectivity index (χ2v) is 8.06. The third-order valence-electron chi connectivity index (χ3n) is 4.96. The van der Waals surface area contributed by atoms with Gasteiger partial charge in [0.25, 0.3) is 0 Å². The molecule has 1 aliphatic rings. The summed E-state index contributed by atoms with van der Waals surface area (Å²) in [5.74, 6) is 1.05. The smallest absolute Gasteiger partial charge is 0.167 e. The number of ether oxygens (including phenoxy) is 1. The zero-order valence-electron chi connectivity index (χ0n) is 16.9. The molecule has 2 aromatic rings. The first-order chi connectivity index (χ1) is 12.9. The molecule has 1 aromatic heterocycles. The second-order valence-electron chi connectivity index (χ2n) is 8.06. The summed E-state index contributed by atoms with van der Waals surface area (Å²) < 4.78 is 7.73. The summed E-state index contributed by atoms with van der Waals surface area (Å²) in [6.45, 7) is 10.9. The summed E-state index contributed by atoms with van der Waals surface area (Å²) in [6, 6.07) is 7.98. The Morgan fingerprint density at radius 3 is 2.81 bits per heavy atom. The average Bonchev–Trinajstić information content (AvgIpc) is 3.10. The van der Waals surface area contributed by atoms with Gasteiger partial charge in [0.2, 0.25) is 0 Å². The van der Waals surface area contributed by atoms with Crippen LogP contribution >= 0.6 is 0 Å². The third kappa shape index (κ3) is 5.19. The van der Waals surface area contributed by atoms with E-state index in [1.807, 2.05) is 49.0 Å². The van der Waals surface area contributed by atoms with Crippen molar-refractivity contribution in [1.82, 2.24) is 14.7 Å². The number of benzene rings is 1. The number of hydrogen-bond donors (Lipinski definition) is 0. The first kappa shape index (κ1) is 19.6. The van der Waals surface area contributed by atoms with E-state index in [1.165, 1.54) is 5.56 Å². The van der Waals surface area contributed by atoms with E-state index in [2.05, 4.69) is 30.0 Å². The number of piperidine rings is 1. The first-order valence-electron chi connectivity index (χ1n) is 9.98. The van der Waals surface area contributed by atoms with Gasteiger partial charge in [-0.2, -0.15) is 5.10 Å². The fraction of sp³-hybridized carbons (Fsp3) is 0.545. The molecule has 0 aliphatic carbocycles. The van der Waals surface area contributed by atoms with E-state index in [1.54, 1.807) is 0 Å². The summed E-state index contributed by atoms with van der Waals surface area (Å²) in [7, 11) is 0. The number of Topliss-reactive ketones (excluding diaryl/α,β-unsaturated/α-hetero) is 1. The van der Waals surface area contributed by atoms with Gasteiger partial charge >= 0.3 is 0 Å². The third-order valence-corrected chi connectivity index (χ3v) is 4.96. The molecule has 1 aliphatic heterocycles. The number of hydrogen-bond acceptors (Lipinski definition) is 4. The van der Waals surface area contributed by atoms with Gasteiger partial charge in [-0.15, -0.1) is 0 Å². The van der Waals surface area contributed by atoms with Crippen molar-refractivity contribution < 1.29 is 9.53 Å². The van der Waals surface area contributed by atoms with E-state index in [-0.39, 0.29) is 17.8 Å². The molecule has 1 aromatic carbocycles. The number of likely N-dealkylation sites (tertiary alicyclic amines) is 1. The van der Waals surface area contributed by atoms with E-state index in [0.29, 0.717) is 6.04 Å². The minimum atomic E-state index is 0.0493. The highest BCUT2D eigenvalue weighted by Gasteiger charge is 2.27. The predicted molar refractivity (Wildman–Crippen MR) is 107 cm³/mol. The van der Waals surface area contributed by atoms with Gasteiger partial charge in [-0.3, -0.25) is 14.4 Å². The molecule has 0 N–H and O–H groups in total. The van der Waals surface area contributed by atoms with Crippen molar-refractivity contribution in [3.8, 4) is 5.75 Å². The quantitative estimate of drug-likeness (QED) is 0.681. The van der Waals surface area contributed by atoms with Crippen LogP contribution in [0.25, 0.3) is 0 Å². The molecule has 2 heterocycles. The van der Waals surface area contributed by atoms with Crippen LogP contribution in [0.3, 0.4) is 0 Å². The number of carbonyl (C=O) groups is 1. The van der Waals surface area contributed by atoms with Gasteiger partial charge in [0.15, 0.2) is 5.78 Å². The van der Waals surface area contributed by atoms with Crippen molar-refractivity contribution in [2.75, 3.05) is 13.1 Å². The minimum absolute atomic E-state index is 0.0493. The van der Waals surface area contributed by atoms with Crippen molar-refractivity contribution in [2.24, 2.45) is 5.92 Å². The van der Waals surface area contributed by atoms with E-state index in [9.17, 15) is 4.79 Å². The molecule has 5 nitrogen and oxygen atoms in total. The lowest BCUT2D eigenvalue weighted by Gasteiger charge is -2.31. The van der Waals surface area contributed by atoms with Gasteiger partial charge < -0.3 is 4.74 Å². The maximum absolute atomic E-state index is 13.0. The normalized spacial score (nSPS) is 18.2. The molecule has 0 amide bonds. The summed E-state index contributed by atoms with van der Waals surface area (Å²) in [5, 5.41) is 4.43. The highest BCUT2D eigenvalue weighted by molar-refractivity contribution is 5.98. The topological polar surface area (TPSA) is 47.4 Å². The molecule has 0 spiro atoms. The molecule has 5 heteroatoms. The Labute approximate surface area is 162 Å². The van der Waals surface area contributed by atoms with Crippen LogP contribution in [0.4, 0.5) is 0 Å². The largest absolute Gasteiger partial charge is 0.491 e. The van der Waals surface area contributed by atoms with Gasteiger partial charge in [-0.05, 0) is 59.2 Å². The van der Waals surface area contributed by atoms with Gasteiger partial charge in [0, 0.05) is 42.4 Å². The van der Waals surface area contributed by atoms with E-state index in [0.717, 1.165) is 43.8 Å². The molecule has 0 radical (unpaired) electrons. The van der Waals surface area contributed by atoms with Crippen LogP contribution in [0.1, 0.15) is 62.5 Å². The number of ketones is 1. The Hall–Kier alpha value is -2.14. The molecule has 27 heavy (non-hydrogen) atoms. The minimum Gasteiger partial charge on any atom is -0.491 e. The van der Waals surface area contributed by atoms with Gasteiger partial charge in [0.05, 0.1) is 12.3 Å². The Morgan fingerprint density at radius 1 is 1.30 bits per heavy atom. The molecule has 0 unspecified atom stereocenters. The Bertz CT molecular complexity index is 766. The molecule has 1 atom stereocenters. The van der Waals surface area contributed by atoms with Crippen molar-refractivity contribution in [1.29, 1.82) is 0 Å². The highest BCUT2D eigenvalue weighted by Crippen LogP contribution is 2.24. The molecular weight excluding hydrogens is 338 g/mol. The molecule has 0 saturated carbocycles. The van der Waals surface area contributed by atoms with E-state index < -0.39 is 0 Å². The van der Waals surface area contributed by atoms with Crippen LogP contribution in [0.2, 0.25) is 0 Å². The molecule has 0 bridgehead atoms. The lowest BCUT2D eigenvalue weighted by atomic mass is 9.90. The molecular formula is C22H31N3O2. The highest BCUT2D eigenvalue weighted by atomic mass is 16.5. The number of nitrogens with zero attached hydrogens (tertiary/aromatic N) is 3. The standard InChI is InChI=1S/C22H31N3O2/c1-16(2)25-14-18(12-23-25)13-24-10-6-8-20(15-24)22(26)19-7-5-9-21(11-19)27-17(3)4/h5,7,9,11-12,14,16-17,20H,6,8,10,13,15H2,1-4H3/t20-/m0/s1. The van der Waals surface area contributed by atoms with Crippen molar-refractivity contribution in [2.45, 2.75) is 59.2 Å². The zero-order valence-corrected chi connectivity index (χ0v) is 16.9. The van der Waals surface area contributed by atoms with E-state index in [4.69, 9.17) is 4.74 Å². The van der Waals surface area contributed by atoms with Crippen LogP contribution in [0.5, 0.6) is 5.75 Å². The number of rotatable bonds is 7. The monoisotopic (exact) mass is 369 g/mol. The maximum atomic E-state index is 13.0. The number of aromatic nitrogens is 2. The van der Waals surface area contributed by atoms with Gasteiger partial charge in [0.1, 0.15) is 5.75 Å². The van der Waals surface area contributed by atoms with Crippen LogP contribution in [0, 0.1) is 5.92 Å². The Kier molecular flexibility index (Phi) is 6.32. The lowest BCUT2D eigenvalue weighted by Crippen LogP contribution is -2.38. The molecule has 1 fully saturated rings. The molecule has 146 valence electrons. The van der Waals surface area contributed by atoms with E-state index >= 15 is 0 Å². The fourth-order valence-electron chi connectivity index (χ4n) is 3.64. The molecule has 3 rings (SSSR count). The van der Waals surface area contributed by atoms with Crippen molar-refractivity contribution in [3.63, 3.8) is 0 Å². The van der Waals surface area contributed by atoms with Crippen molar-refractivity contribution >= 4 is 5.78 Å². The summed E-state index contributed by atoms with van der Waals surface area (Å²) in [4.78, 5) is 15.4. The maximum Gasteiger partial charge on any atom is 0.167 e. The van der Waals surface area contributed by atoms with Crippen LogP contribution in [-0.4, -0.2) is 39.7 Å². The average molecular weight is 370 g/mol. The van der Waals surface area contributed by atoms with Gasteiger partial charge in [-0.1, -0.05) is 12.1 Å². The van der Waals surface area contributed by atoms with Crippen LogP contribution in [-0.2, 0) is 6.54 Å². The Balaban J connectivity index is 1.64. The SMILES string of the molecule is CC(C)Oc1cccc(C(=O)[C@H]2CCCN(Cc3cnn(C(C)C)c3)C2)c1. The van der Waals surface area contributed by atoms with Crippen molar-refractivity contribution in [3.05, 3.63) is 47.8 Å². The number of carbonyl (C=O) groups excluding carboxylic acids is 1. The van der Waals surface area contributed by atoms with Gasteiger partial charge in [-0.25, -0.2) is 0 Å². The van der Waals surface area contributed by atoms with Crippen LogP contribution in [0.15, 0.2) is 36.7 Å². The summed E-state index contributed by atoms with van der Waals surface area (Å²) in [5.41, 5.74) is 1.97. The fourth-order valence-corrected chi connectivity index (χ4v) is 3.64. The predicted octanol–water partition coefficient (Wildman–Crippen LogP) is 4.35.